The van der Waals surface area contributed by atoms with Gasteiger partial charge >= 0.3 is 0 Å². The second-order valence-corrected chi connectivity index (χ2v) is 6.10. The number of fused-ring (bicyclic) bond motifs is 1. The minimum absolute atomic E-state index is 0.145. The summed E-state index contributed by atoms with van der Waals surface area (Å²) in [4.78, 5) is -0.145. The second kappa shape index (κ2) is 4.66. The van der Waals surface area contributed by atoms with E-state index in [4.69, 9.17) is 20.2 Å². The Morgan fingerprint density at radius 2 is 1.78 bits per heavy atom. The van der Waals surface area contributed by atoms with Gasteiger partial charge in [-0.2, -0.15) is 0 Å². The Balaban J connectivity index is 2.98. The molecule has 0 aliphatic heterocycles. The van der Waals surface area contributed by atoms with Gasteiger partial charge in [-0.25, -0.2) is 8.42 Å². The van der Waals surface area contributed by atoms with Gasteiger partial charge in [0.1, 0.15) is 11.5 Å². The van der Waals surface area contributed by atoms with Gasteiger partial charge in [0.25, 0.3) is 9.05 Å². The summed E-state index contributed by atoms with van der Waals surface area (Å²) < 4.78 is 33.5. The fourth-order valence-corrected chi connectivity index (χ4v) is 3.09. The predicted octanol–water partition coefficient (Wildman–Crippen LogP) is 2.78. The van der Waals surface area contributed by atoms with Crippen molar-refractivity contribution >= 4 is 30.5 Å². The van der Waals surface area contributed by atoms with Crippen LogP contribution in [-0.2, 0) is 9.05 Å². The lowest BCUT2D eigenvalue weighted by Gasteiger charge is -2.13. The normalized spacial score (nSPS) is 11.5. The summed E-state index contributed by atoms with van der Waals surface area (Å²) in [7, 11) is 4.26. The van der Waals surface area contributed by atoms with Gasteiger partial charge in [0.15, 0.2) is 4.90 Å². The van der Waals surface area contributed by atoms with Gasteiger partial charge in [-0.3, -0.25) is 0 Å². The van der Waals surface area contributed by atoms with E-state index in [1.807, 2.05) is 12.1 Å². The number of methoxy groups -OCH3 is 2. The molecule has 0 aromatic heterocycles. The van der Waals surface area contributed by atoms with Crippen LogP contribution in [0, 0.1) is 0 Å². The zero-order valence-corrected chi connectivity index (χ0v) is 11.4. The van der Waals surface area contributed by atoms with E-state index in [9.17, 15) is 8.42 Å². The molecule has 2 aromatic rings. The molecule has 4 nitrogen and oxygen atoms in total. The lowest BCUT2D eigenvalue weighted by Crippen LogP contribution is -2.01. The first-order valence-electron chi connectivity index (χ1n) is 5.07. The molecule has 2 rings (SSSR count). The van der Waals surface area contributed by atoms with E-state index in [-0.39, 0.29) is 16.4 Å². The molecule has 6 heteroatoms. The van der Waals surface area contributed by atoms with Crippen molar-refractivity contribution < 1.29 is 17.9 Å². The minimum Gasteiger partial charge on any atom is -0.495 e. The fourth-order valence-electron chi connectivity index (χ4n) is 1.86. The zero-order valence-electron chi connectivity index (χ0n) is 9.81. The Morgan fingerprint density at radius 1 is 1.11 bits per heavy atom. The lowest BCUT2D eigenvalue weighted by atomic mass is 10.1. The third-order valence-electron chi connectivity index (χ3n) is 2.59. The molecular formula is C12H11ClO4S. The number of rotatable bonds is 3. The van der Waals surface area contributed by atoms with E-state index in [0.29, 0.717) is 5.39 Å². The molecule has 0 aliphatic rings. The van der Waals surface area contributed by atoms with Crippen molar-refractivity contribution in [1.29, 1.82) is 0 Å². The number of benzene rings is 2. The van der Waals surface area contributed by atoms with Crippen molar-refractivity contribution in [3.8, 4) is 11.5 Å². The van der Waals surface area contributed by atoms with Crippen LogP contribution < -0.4 is 9.47 Å². The molecule has 0 fully saturated rings. The minimum atomic E-state index is -3.96. The second-order valence-electron chi connectivity index (χ2n) is 3.60. The van der Waals surface area contributed by atoms with Gasteiger partial charge in [0.2, 0.25) is 0 Å². The summed E-state index contributed by atoms with van der Waals surface area (Å²) in [6.45, 7) is 0. The van der Waals surface area contributed by atoms with Crippen LogP contribution in [-0.4, -0.2) is 22.6 Å². The van der Waals surface area contributed by atoms with Gasteiger partial charge in [0, 0.05) is 16.1 Å². The van der Waals surface area contributed by atoms with Crippen molar-refractivity contribution in [3.63, 3.8) is 0 Å². The van der Waals surface area contributed by atoms with Crippen LogP contribution in [0.25, 0.3) is 10.8 Å². The van der Waals surface area contributed by atoms with Crippen LogP contribution >= 0.6 is 10.7 Å². The first-order valence-corrected chi connectivity index (χ1v) is 7.38. The number of halogens is 1. The highest BCUT2D eigenvalue weighted by Crippen LogP contribution is 2.41. The molecule has 0 unspecified atom stereocenters. The van der Waals surface area contributed by atoms with Crippen LogP contribution in [0.5, 0.6) is 11.5 Å². The van der Waals surface area contributed by atoms with Crippen molar-refractivity contribution in [3.05, 3.63) is 30.3 Å². The first kappa shape index (κ1) is 13.0. The molecule has 0 amide bonds. The molecule has 2 aromatic carbocycles. The molecule has 18 heavy (non-hydrogen) atoms. The Kier molecular flexibility index (Phi) is 3.36. The Bertz CT molecular complexity index is 695. The van der Waals surface area contributed by atoms with E-state index < -0.39 is 9.05 Å². The van der Waals surface area contributed by atoms with Gasteiger partial charge in [-0.15, -0.1) is 0 Å². The van der Waals surface area contributed by atoms with E-state index in [1.54, 1.807) is 18.2 Å². The molecule has 0 N–H and O–H groups in total. The standard InChI is InChI=1S/C12H11ClO4S/c1-16-10-7-8-5-3-4-6-9(8)11(17-2)12(10)18(13,14)15/h3-7H,1-2H3. The van der Waals surface area contributed by atoms with E-state index in [1.165, 1.54) is 14.2 Å². The molecule has 0 atom stereocenters. The van der Waals surface area contributed by atoms with Crippen molar-refractivity contribution in [2.45, 2.75) is 4.90 Å². The van der Waals surface area contributed by atoms with Crippen LogP contribution in [0.2, 0.25) is 0 Å². The van der Waals surface area contributed by atoms with Crippen molar-refractivity contribution in [2.75, 3.05) is 14.2 Å². The first-order chi connectivity index (χ1) is 8.49. The SMILES string of the molecule is COc1cc2ccccc2c(OC)c1S(=O)(=O)Cl. The maximum Gasteiger partial charge on any atom is 0.268 e. The van der Waals surface area contributed by atoms with Crippen molar-refractivity contribution in [1.82, 2.24) is 0 Å². The highest BCUT2D eigenvalue weighted by Gasteiger charge is 2.25. The van der Waals surface area contributed by atoms with Crippen LogP contribution in [0.1, 0.15) is 0 Å². The molecule has 96 valence electrons. The van der Waals surface area contributed by atoms with E-state index in [0.717, 1.165) is 5.39 Å². The summed E-state index contributed by atoms with van der Waals surface area (Å²) >= 11 is 0. The zero-order chi connectivity index (χ0) is 13.3. The van der Waals surface area contributed by atoms with Crippen LogP contribution in [0.4, 0.5) is 0 Å². The quantitative estimate of drug-likeness (QED) is 0.814. The Hall–Kier alpha value is -1.46. The smallest absolute Gasteiger partial charge is 0.268 e. The van der Waals surface area contributed by atoms with E-state index >= 15 is 0 Å². The topological polar surface area (TPSA) is 52.6 Å². The molecule has 0 bridgehead atoms. The molecule has 0 saturated heterocycles. The third-order valence-corrected chi connectivity index (χ3v) is 3.93. The summed E-state index contributed by atoms with van der Waals surface area (Å²) in [6, 6.07) is 8.86. The molecule has 0 spiro atoms. The monoisotopic (exact) mass is 286 g/mol. The van der Waals surface area contributed by atoms with Gasteiger partial charge in [-0.05, 0) is 11.5 Å². The summed E-state index contributed by atoms with van der Waals surface area (Å²) in [5.74, 6) is 0.362. The summed E-state index contributed by atoms with van der Waals surface area (Å²) in [5, 5.41) is 1.48. The molecular weight excluding hydrogens is 276 g/mol. The summed E-state index contributed by atoms with van der Waals surface area (Å²) in [6.07, 6.45) is 0. The maximum absolute atomic E-state index is 11.6. The average Bonchev–Trinajstić information content (AvgIpc) is 2.35. The predicted molar refractivity (Wildman–Crippen MR) is 70.1 cm³/mol. The average molecular weight is 287 g/mol. The summed E-state index contributed by atoms with van der Waals surface area (Å²) in [5.41, 5.74) is 0. The third kappa shape index (κ3) is 2.11. The van der Waals surface area contributed by atoms with Gasteiger partial charge in [-0.1, -0.05) is 24.3 Å². The molecule has 0 saturated carbocycles. The fraction of sp³-hybridized carbons (Fsp3) is 0.167. The molecule has 0 radical (unpaired) electrons. The van der Waals surface area contributed by atoms with Gasteiger partial charge in [0.05, 0.1) is 14.2 Å². The molecule has 0 aliphatic carbocycles. The Labute approximate surface area is 110 Å². The van der Waals surface area contributed by atoms with Crippen LogP contribution in [0.15, 0.2) is 35.2 Å². The highest BCUT2D eigenvalue weighted by molar-refractivity contribution is 8.14. The number of hydrogen-bond acceptors (Lipinski definition) is 4. The van der Waals surface area contributed by atoms with E-state index in [2.05, 4.69) is 0 Å². The molecule has 0 heterocycles. The maximum atomic E-state index is 11.6. The highest BCUT2D eigenvalue weighted by atomic mass is 35.7. The largest absolute Gasteiger partial charge is 0.495 e. The number of ether oxygens (including phenoxy) is 2. The van der Waals surface area contributed by atoms with Gasteiger partial charge < -0.3 is 9.47 Å². The Morgan fingerprint density at radius 3 is 2.33 bits per heavy atom. The lowest BCUT2D eigenvalue weighted by molar-refractivity contribution is 0.378. The number of hydrogen-bond donors (Lipinski definition) is 0. The van der Waals surface area contributed by atoms with Crippen molar-refractivity contribution in [2.24, 2.45) is 0 Å². The van der Waals surface area contributed by atoms with Crippen LogP contribution in [0.3, 0.4) is 0 Å².